The Kier molecular flexibility index (Phi) is 4.09. The molecule has 1 aliphatic rings. The minimum atomic E-state index is -0.627. The number of amides is 1. The minimum Gasteiger partial charge on any atom is -0.377 e. The molecule has 0 aromatic heterocycles. The van der Waals surface area contributed by atoms with E-state index in [0.29, 0.717) is 0 Å². The average molecular weight is 291 g/mol. The third-order valence-electron chi connectivity index (χ3n) is 3.32. The zero-order chi connectivity index (χ0) is 14.9. The van der Waals surface area contributed by atoms with Crippen molar-refractivity contribution in [1.29, 1.82) is 0 Å². The van der Waals surface area contributed by atoms with E-state index < -0.39 is 5.54 Å². The van der Waals surface area contributed by atoms with Crippen LogP contribution in [0, 0.1) is 0 Å². The molecule has 4 nitrogen and oxygen atoms in total. The van der Waals surface area contributed by atoms with E-state index in [1.807, 2.05) is 40.1 Å². The molecule has 0 saturated heterocycles. The smallest absolute Gasteiger partial charge is 0.255 e. The monoisotopic (exact) mass is 291 g/mol. The molecule has 0 saturated carbocycles. The highest BCUT2D eigenvalue weighted by atomic mass is 32.2. The number of aliphatic imine (C=N–C) groups is 1. The van der Waals surface area contributed by atoms with Crippen LogP contribution in [0.3, 0.4) is 0 Å². The van der Waals surface area contributed by atoms with Crippen molar-refractivity contribution in [2.45, 2.75) is 25.1 Å². The summed E-state index contributed by atoms with van der Waals surface area (Å²) >= 11 is 1.61. The average Bonchev–Trinajstić information content (AvgIpc) is 2.60. The number of benzene rings is 1. The first-order chi connectivity index (χ1) is 9.33. The van der Waals surface area contributed by atoms with Gasteiger partial charge in [-0.2, -0.15) is 0 Å². The zero-order valence-electron chi connectivity index (χ0n) is 12.7. The van der Waals surface area contributed by atoms with Crippen molar-refractivity contribution in [3.63, 3.8) is 0 Å². The molecule has 1 aromatic carbocycles. The molecular formula is C15H21N3OS. The van der Waals surface area contributed by atoms with Gasteiger partial charge in [-0.1, -0.05) is 30.0 Å². The lowest BCUT2D eigenvalue weighted by Crippen LogP contribution is -2.35. The molecule has 2 rings (SSSR count). The highest BCUT2D eigenvalue weighted by Crippen LogP contribution is 2.29. The van der Waals surface area contributed by atoms with Crippen LogP contribution in [0.5, 0.6) is 0 Å². The van der Waals surface area contributed by atoms with Gasteiger partial charge in [0.05, 0.1) is 0 Å². The van der Waals surface area contributed by atoms with Crippen LogP contribution in [0.2, 0.25) is 0 Å². The normalized spacial score (nSPS) is 17.4. The highest BCUT2D eigenvalue weighted by Gasteiger charge is 2.38. The molecule has 20 heavy (non-hydrogen) atoms. The first kappa shape index (κ1) is 14.9. The summed E-state index contributed by atoms with van der Waals surface area (Å²) in [6, 6.07) is 8.30. The molecule has 1 heterocycles. The molecule has 108 valence electrons. The van der Waals surface area contributed by atoms with Crippen LogP contribution in [0.15, 0.2) is 29.3 Å². The van der Waals surface area contributed by atoms with E-state index in [4.69, 9.17) is 0 Å². The van der Waals surface area contributed by atoms with E-state index in [-0.39, 0.29) is 5.91 Å². The van der Waals surface area contributed by atoms with Gasteiger partial charge in [-0.15, -0.1) is 0 Å². The molecule has 0 fully saturated rings. The van der Waals surface area contributed by atoms with Gasteiger partial charge >= 0.3 is 0 Å². The van der Waals surface area contributed by atoms with Gasteiger partial charge in [-0.25, -0.2) is 4.99 Å². The fourth-order valence-corrected chi connectivity index (χ4v) is 3.30. The second-order valence-corrected chi connectivity index (χ2v) is 6.57. The predicted octanol–water partition coefficient (Wildman–Crippen LogP) is 2.59. The number of para-hydroxylation sites is 1. The van der Waals surface area contributed by atoms with E-state index in [1.165, 1.54) is 11.3 Å². The van der Waals surface area contributed by atoms with Gasteiger partial charge < -0.3 is 4.90 Å². The van der Waals surface area contributed by atoms with Crippen molar-refractivity contribution in [2.24, 2.45) is 4.99 Å². The van der Waals surface area contributed by atoms with E-state index in [1.54, 1.807) is 23.7 Å². The van der Waals surface area contributed by atoms with Crippen LogP contribution in [0.4, 0.5) is 5.69 Å². The zero-order valence-corrected chi connectivity index (χ0v) is 13.5. The van der Waals surface area contributed by atoms with Gasteiger partial charge in [0.15, 0.2) is 5.17 Å². The molecule has 0 bridgehead atoms. The van der Waals surface area contributed by atoms with Crippen molar-refractivity contribution in [3.8, 4) is 0 Å². The van der Waals surface area contributed by atoms with Gasteiger partial charge in [0, 0.05) is 32.6 Å². The molecule has 1 aromatic rings. The Bertz CT molecular complexity index is 552. The molecule has 1 amide bonds. The quantitative estimate of drug-likeness (QED) is 0.859. The summed E-state index contributed by atoms with van der Waals surface area (Å²) in [4.78, 5) is 20.3. The largest absolute Gasteiger partial charge is 0.377 e. The Morgan fingerprint density at radius 1 is 1.30 bits per heavy atom. The fraction of sp³-hybridized carbons (Fsp3) is 0.467. The summed E-state index contributed by atoms with van der Waals surface area (Å²) in [5, 5.41) is 0.800. The molecule has 0 unspecified atom stereocenters. The van der Waals surface area contributed by atoms with E-state index in [2.05, 4.69) is 22.0 Å². The molecule has 5 heteroatoms. The third kappa shape index (κ3) is 2.82. The predicted molar refractivity (Wildman–Crippen MR) is 86.3 cm³/mol. The Morgan fingerprint density at radius 2 is 1.95 bits per heavy atom. The number of thioether (sulfide) groups is 1. The lowest BCUT2D eigenvalue weighted by molar-refractivity contribution is -0.129. The molecule has 0 atom stereocenters. The van der Waals surface area contributed by atoms with Crippen LogP contribution in [-0.4, -0.2) is 42.7 Å². The topological polar surface area (TPSA) is 35.9 Å². The number of nitrogens with zero attached hydrogens (tertiary/aromatic N) is 3. The summed E-state index contributed by atoms with van der Waals surface area (Å²) in [5.74, 6) is 0.863. The first-order valence-electron chi connectivity index (χ1n) is 6.59. The lowest BCUT2D eigenvalue weighted by Gasteiger charge is -2.18. The Hall–Kier alpha value is -1.49. The van der Waals surface area contributed by atoms with Crippen molar-refractivity contribution < 1.29 is 4.79 Å². The van der Waals surface area contributed by atoms with Crippen LogP contribution in [-0.2, 0) is 10.5 Å². The SMILES string of the molecule is CN1C(=O)C(C)(C)N=C1SCc1ccccc1N(C)C. The molecule has 0 aliphatic carbocycles. The summed E-state index contributed by atoms with van der Waals surface area (Å²) in [6.45, 7) is 3.71. The van der Waals surface area contributed by atoms with Gasteiger partial charge in [0.2, 0.25) is 0 Å². The number of anilines is 1. The maximum atomic E-state index is 12.0. The van der Waals surface area contributed by atoms with E-state index >= 15 is 0 Å². The number of likely N-dealkylation sites (N-methyl/N-ethyl adjacent to an activating group) is 1. The Balaban J connectivity index is 2.13. The third-order valence-corrected chi connectivity index (χ3v) is 4.40. The Labute approximate surface area is 124 Å². The lowest BCUT2D eigenvalue weighted by atomic mass is 10.1. The number of hydrogen-bond donors (Lipinski definition) is 0. The van der Waals surface area contributed by atoms with E-state index in [9.17, 15) is 4.79 Å². The van der Waals surface area contributed by atoms with Crippen LogP contribution < -0.4 is 4.90 Å². The van der Waals surface area contributed by atoms with Crippen molar-refractivity contribution >= 4 is 28.5 Å². The van der Waals surface area contributed by atoms with Crippen LogP contribution >= 0.6 is 11.8 Å². The first-order valence-corrected chi connectivity index (χ1v) is 7.57. The van der Waals surface area contributed by atoms with Crippen LogP contribution in [0.25, 0.3) is 0 Å². The molecule has 1 aliphatic heterocycles. The van der Waals surface area contributed by atoms with Gasteiger partial charge in [0.1, 0.15) is 5.54 Å². The van der Waals surface area contributed by atoms with Crippen molar-refractivity contribution in [2.75, 3.05) is 26.0 Å². The number of hydrogen-bond acceptors (Lipinski definition) is 4. The maximum Gasteiger partial charge on any atom is 0.255 e. The molecule has 0 spiro atoms. The molecule has 0 radical (unpaired) electrons. The summed E-state index contributed by atoms with van der Waals surface area (Å²) < 4.78 is 0. The van der Waals surface area contributed by atoms with Gasteiger partial charge in [-0.3, -0.25) is 9.69 Å². The Morgan fingerprint density at radius 3 is 2.50 bits per heavy atom. The summed E-state index contributed by atoms with van der Waals surface area (Å²) in [7, 11) is 5.87. The van der Waals surface area contributed by atoms with Gasteiger partial charge in [0.25, 0.3) is 5.91 Å². The highest BCUT2D eigenvalue weighted by molar-refractivity contribution is 8.13. The number of carbonyl (C=O) groups is 1. The van der Waals surface area contributed by atoms with Crippen LogP contribution in [0.1, 0.15) is 19.4 Å². The summed E-state index contributed by atoms with van der Waals surface area (Å²) in [6.07, 6.45) is 0. The second kappa shape index (κ2) is 5.48. The second-order valence-electron chi connectivity index (χ2n) is 5.63. The number of rotatable bonds is 3. The fourth-order valence-electron chi connectivity index (χ4n) is 2.20. The standard InChI is InChI=1S/C15H21N3OS/c1-15(2)13(19)18(5)14(16-15)20-10-11-8-6-7-9-12(11)17(3)4/h6-9H,10H2,1-5H3. The maximum absolute atomic E-state index is 12.0. The van der Waals surface area contributed by atoms with Gasteiger partial charge in [-0.05, 0) is 25.5 Å². The van der Waals surface area contributed by atoms with E-state index in [0.717, 1.165) is 10.9 Å². The molecular weight excluding hydrogens is 270 g/mol. The van der Waals surface area contributed by atoms with Crippen molar-refractivity contribution in [3.05, 3.63) is 29.8 Å². The van der Waals surface area contributed by atoms with Crippen molar-refractivity contribution in [1.82, 2.24) is 4.90 Å². The minimum absolute atomic E-state index is 0.0564. The number of amidine groups is 1. The molecule has 0 N–H and O–H groups in total. The summed E-state index contributed by atoms with van der Waals surface area (Å²) in [5.41, 5.74) is 1.82. The number of carbonyl (C=O) groups excluding carboxylic acids is 1.